The van der Waals surface area contributed by atoms with E-state index in [9.17, 15) is 13.6 Å². The Morgan fingerprint density at radius 2 is 2.06 bits per heavy atom. The molecule has 3 rings (SSSR count). The molecule has 0 spiro atoms. The zero-order chi connectivity index (χ0) is 26.2. The molecule has 0 fully saturated rings. The number of nitrogens with one attached hydrogen (secondary N) is 2. The lowest BCUT2D eigenvalue weighted by molar-refractivity contribution is 0.207. The molecule has 0 aromatic heterocycles. The van der Waals surface area contributed by atoms with Crippen LogP contribution in [0.5, 0.6) is 5.75 Å². The summed E-state index contributed by atoms with van der Waals surface area (Å²) >= 11 is 0. The van der Waals surface area contributed by atoms with Crippen LogP contribution in [0.25, 0.3) is 11.6 Å². The molecule has 1 unspecified atom stereocenters. The van der Waals surface area contributed by atoms with E-state index in [1.54, 1.807) is 18.0 Å². The van der Waals surface area contributed by atoms with Gasteiger partial charge >= 0.3 is 6.03 Å². The highest BCUT2D eigenvalue weighted by Crippen LogP contribution is 2.39. The van der Waals surface area contributed by atoms with Crippen molar-refractivity contribution in [3.05, 3.63) is 95.1 Å². The van der Waals surface area contributed by atoms with Gasteiger partial charge in [-0.25, -0.2) is 13.6 Å². The summed E-state index contributed by atoms with van der Waals surface area (Å²) < 4.78 is 34.6. The van der Waals surface area contributed by atoms with Crippen molar-refractivity contribution in [2.75, 3.05) is 32.1 Å². The minimum Gasteiger partial charge on any atom is -0.488 e. The number of rotatable bonds is 8. The zero-order valence-electron chi connectivity index (χ0n) is 21.2. The third-order valence-electron chi connectivity index (χ3n) is 6.14. The molecular weight excluding hydrogens is 460 g/mol. The SMILES string of the molecule is C=C/C=C(/F)C1=C(C)/C(=C\c2cccc(NC(=O)N(C)C(C)CNCC)c2)c2ccc(F)cc2OC1. The highest BCUT2D eigenvalue weighted by Gasteiger charge is 2.22. The van der Waals surface area contributed by atoms with E-state index in [-0.39, 0.29) is 18.7 Å². The number of allylic oxidation sites excluding steroid dienone is 4. The standard InChI is InChI=1S/C29H33F2N3O2/c1-6-9-27(31)26-18-36-28-16-22(30)12-13-24(28)25(20(26)4)15-21-10-8-11-23(14-21)33-29(35)34(5)19(3)17-32-7-2/h6,8-16,19,32H,1,7,17-18H2,2-5H3,(H,33,35)/b25-15+,27-9+. The summed E-state index contributed by atoms with van der Waals surface area (Å²) in [4.78, 5) is 14.4. The molecule has 1 atom stereocenters. The molecule has 5 nitrogen and oxygen atoms in total. The Balaban J connectivity index is 1.98. The molecule has 0 aliphatic carbocycles. The van der Waals surface area contributed by atoms with Gasteiger partial charge in [-0.1, -0.05) is 31.7 Å². The number of benzene rings is 2. The average molecular weight is 494 g/mol. The molecule has 1 aliphatic rings. The van der Waals surface area contributed by atoms with Crippen LogP contribution in [0.4, 0.5) is 19.3 Å². The fourth-order valence-electron chi connectivity index (χ4n) is 3.87. The van der Waals surface area contributed by atoms with E-state index in [4.69, 9.17) is 4.74 Å². The first-order valence-electron chi connectivity index (χ1n) is 11.9. The number of likely N-dealkylation sites (N-methyl/N-ethyl adjacent to an activating group) is 2. The molecule has 2 aromatic rings. The van der Waals surface area contributed by atoms with Crippen molar-refractivity contribution in [2.45, 2.75) is 26.8 Å². The van der Waals surface area contributed by atoms with Crippen LogP contribution in [-0.2, 0) is 0 Å². The molecule has 0 bridgehead atoms. The molecule has 2 N–H and O–H groups in total. The van der Waals surface area contributed by atoms with Gasteiger partial charge in [0.2, 0.25) is 0 Å². The van der Waals surface area contributed by atoms with Crippen molar-refractivity contribution in [2.24, 2.45) is 0 Å². The highest BCUT2D eigenvalue weighted by atomic mass is 19.1. The van der Waals surface area contributed by atoms with E-state index < -0.39 is 11.6 Å². The van der Waals surface area contributed by atoms with E-state index in [1.807, 2.05) is 51.1 Å². The first-order valence-corrected chi connectivity index (χ1v) is 11.9. The second kappa shape index (κ2) is 12.3. The maximum atomic E-state index is 14.9. The molecule has 36 heavy (non-hydrogen) atoms. The van der Waals surface area contributed by atoms with E-state index in [0.717, 1.165) is 12.1 Å². The topological polar surface area (TPSA) is 53.6 Å². The Morgan fingerprint density at radius 3 is 2.78 bits per heavy atom. The van der Waals surface area contributed by atoms with Gasteiger partial charge in [-0.2, -0.15) is 0 Å². The molecule has 2 amide bonds. The molecule has 190 valence electrons. The Hall–Kier alpha value is -3.71. The van der Waals surface area contributed by atoms with Crippen molar-refractivity contribution in [3.8, 4) is 5.75 Å². The number of amides is 2. The monoisotopic (exact) mass is 493 g/mol. The quantitative estimate of drug-likeness (QED) is 0.409. The lowest BCUT2D eigenvalue weighted by atomic mass is 9.93. The Bertz CT molecular complexity index is 1220. The fourth-order valence-corrected chi connectivity index (χ4v) is 3.87. The number of fused-ring (bicyclic) bond motifs is 1. The molecule has 0 saturated carbocycles. The summed E-state index contributed by atoms with van der Waals surface area (Å²) in [5, 5.41) is 6.17. The molecule has 0 radical (unpaired) electrons. The van der Waals surface area contributed by atoms with Crippen LogP contribution in [0.15, 0.2) is 78.2 Å². The first kappa shape index (κ1) is 26.9. The molecule has 7 heteroatoms. The number of carbonyl (C=O) groups excluding carboxylic acids is 1. The van der Waals surface area contributed by atoms with Crippen LogP contribution in [0.3, 0.4) is 0 Å². The van der Waals surface area contributed by atoms with Crippen LogP contribution in [0.2, 0.25) is 0 Å². The molecule has 1 aliphatic heterocycles. The van der Waals surface area contributed by atoms with Crippen molar-refractivity contribution in [1.29, 1.82) is 0 Å². The molecule has 1 heterocycles. The van der Waals surface area contributed by atoms with Gasteiger partial charge in [0.1, 0.15) is 24.0 Å². The van der Waals surface area contributed by atoms with Gasteiger partial charge < -0.3 is 20.3 Å². The van der Waals surface area contributed by atoms with Crippen molar-refractivity contribution in [3.63, 3.8) is 0 Å². The first-order chi connectivity index (χ1) is 17.2. The summed E-state index contributed by atoms with van der Waals surface area (Å²) in [5.41, 5.74) is 3.79. The van der Waals surface area contributed by atoms with Gasteiger partial charge in [0.15, 0.2) is 0 Å². The highest BCUT2D eigenvalue weighted by molar-refractivity contribution is 5.95. The van der Waals surface area contributed by atoms with Crippen LogP contribution < -0.4 is 15.4 Å². The largest absolute Gasteiger partial charge is 0.488 e. The summed E-state index contributed by atoms with van der Waals surface area (Å²) in [5.74, 6) is -0.561. The predicted molar refractivity (Wildman–Crippen MR) is 143 cm³/mol. The molecular formula is C29H33F2N3O2. The Labute approximate surface area is 211 Å². The van der Waals surface area contributed by atoms with E-state index in [1.165, 1.54) is 24.3 Å². The van der Waals surface area contributed by atoms with Crippen molar-refractivity contribution in [1.82, 2.24) is 10.2 Å². The van der Waals surface area contributed by atoms with E-state index >= 15 is 0 Å². The number of anilines is 1. The number of hydrogen-bond donors (Lipinski definition) is 2. The maximum absolute atomic E-state index is 14.9. The van der Waals surface area contributed by atoms with E-state index in [0.29, 0.717) is 40.3 Å². The lowest BCUT2D eigenvalue weighted by Crippen LogP contribution is -2.43. The minimum atomic E-state index is -0.461. The second-order valence-electron chi connectivity index (χ2n) is 8.66. The summed E-state index contributed by atoms with van der Waals surface area (Å²) in [6.45, 7) is 10.9. The molecule has 0 saturated heterocycles. The lowest BCUT2D eigenvalue weighted by Gasteiger charge is -2.25. The smallest absolute Gasteiger partial charge is 0.321 e. The van der Waals surface area contributed by atoms with Crippen molar-refractivity contribution >= 4 is 23.4 Å². The van der Waals surface area contributed by atoms with Gasteiger partial charge in [0.05, 0.1) is 0 Å². The third kappa shape index (κ3) is 6.49. The second-order valence-corrected chi connectivity index (χ2v) is 8.66. The van der Waals surface area contributed by atoms with Crippen LogP contribution in [0.1, 0.15) is 31.9 Å². The van der Waals surface area contributed by atoms with Gasteiger partial charge in [-0.05, 0) is 73.5 Å². The minimum absolute atomic E-state index is 0.0165. The summed E-state index contributed by atoms with van der Waals surface area (Å²) in [6, 6.07) is 11.4. The third-order valence-corrected chi connectivity index (χ3v) is 6.14. The number of halogens is 2. The normalized spacial score (nSPS) is 15.6. The van der Waals surface area contributed by atoms with Gasteiger partial charge in [-0.3, -0.25) is 0 Å². The van der Waals surface area contributed by atoms with Crippen molar-refractivity contribution < 1.29 is 18.3 Å². The van der Waals surface area contributed by atoms with E-state index in [2.05, 4.69) is 17.2 Å². The Kier molecular flexibility index (Phi) is 9.19. The maximum Gasteiger partial charge on any atom is 0.321 e. The zero-order valence-corrected chi connectivity index (χ0v) is 21.2. The number of carbonyl (C=O) groups is 1. The van der Waals surface area contributed by atoms with Crippen LogP contribution >= 0.6 is 0 Å². The van der Waals surface area contributed by atoms with Gasteiger partial charge in [-0.15, -0.1) is 0 Å². The van der Waals surface area contributed by atoms with Crippen LogP contribution in [0, 0.1) is 5.82 Å². The number of urea groups is 1. The number of ether oxygens (including phenoxy) is 1. The van der Waals surface area contributed by atoms with Crippen LogP contribution in [-0.4, -0.2) is 43.7 Å². The summed E-state index contributed by atoms with van der Waals surface area (Å²) in [6.07, 6.45) is 4.54. The fraction of sp³-hybridized carbons (Fsp3) is 0.276. The average Bonchev–Trinajstić information content (AvgIpc) is 2.98. The number of nitrogens with zero attached hydrogens (tertiary/aromatic N) is 1. The molecule has 2 aromatic carbocycles. The predicted octanol–water partition coefficient (Wildman–Crippen LogP) is 6.58. The Morgan fingerprint density at radius 1 is 1.28 bits per heavy atom. The number of hydrogen-bond acceptors (Lipinski definition) is 3. The van der Waals surface area contributed by atoms with Gasteiger partial charge in [0.25, 0.3) is 0 Å². The van der Waals surface area contributed by atoms with Gasteiger partial charge in [0, 0.05) is 42.5 Å². The summed E-state index contributed by atoms with van der Waals surface area (Å²) in [7, 11) is 1.76.